The fraction of sp³-hybridized carbons (Fsp3) is 0.200. The van der Waals surface area contributed by atoms with Crippen LogP contribution < -0.4 is 17.0 Å². The molecular weight excluding hydrogens is 369 g/mol. The van der Waals surface area contributed by atoms with E-state index in [9.17, 15) is 18.0 Å². The van der Waals surface area contributed by atoms with Gasteiger partial charge in [-0.05, 0) is 37.6 Å². The summed E-state index contributed by atoms with van der Waals surface area (Å²) in [6.45, 7) is 6.90. The molecule has 0 aliphatic heterocycles. The second-order valence-corrected chi connectivity index (χ2v) is 6.29. The molecule has 28 heavy (non-hydrogen) atoms. The molecule has 8 heteroatoms. The number of rotatable bonds is 5. The molecule has 0 aliphatic carbocycles. The Morgan fingerprint density at radius 2 is 2.00 bits per heavy atom. The number of nitrogens with two attached hydrogens (primary N) is 2. The Hall–Kier alpha value is -3.29. The summed E-state index contributed by atoms with van der Waals surface area (Å²) in [5.74, 6) is 0. The van der Waals surface area contributed by atoms with E-state index in [1.807, 2.05) is 0 Å². The highest BCUT2D eigenvalue weighted by atomic mass is 19.4. The van der Waals surface area contributed by atoms with Crippen LogP contribution in [0.5, 0.6) is 0 Å². The lowest BCUT2D eigenvalue weighted by atomic mass is 10.0. The molecule has 0 bridgehead atoms. The smallest absolute Gasteiger partial charge is 0.399 e. The van der Waals surface area contributed by atoms with Crippen LogP contribution in [-0.2, 0) is 12.7 Å². The molecule has 4 N–H and O–H groups in total. The molecule has 0 fully saturated rings. The van der Waals surface area contributed by atoms with Crippen LogP contribution in [0.2, 0.25) is 0 Å². The number of benzene rings is 1. The highest BCUT2D eigenvalue weighted by molar-refractivity contribution is 5.92. The van der Waals surface area contributed by atoms with Crippen molar-refractivity contribution in [3.63, 3.8) is 0 Å². The summed E-state index contributed by atoms with van der Waals surface area (Å²) in [5.41, 5.74) is 10.5. The number of pyridine rings is 1. The van der Waals surface area contributed by atoms with Crippen molar-refractivity contribution in [2.75, 3.05) is 5.73 Å². The molecule has 0 unspecified atom stereocenters. The van der Waals surface area contributed by atoms with Gasteiger partial charge in [-0.2, -0.15) is 13.2 Å². The van der Waals surface area contributed by atoms with E-state index in [0.29, 0.717) is 11.3 Å². The van der Waals surface area contributed by atoms with E-state index in [1.54, 1.807) is 38.1 Å². The third kappa shape index (κ3) is 4.70. The van der Waals surface area contributed by atoms with Crippen LogP contribution in [0.4, 0.5) is 18.9 Å². The van der Waals surface area contributed by atoms with E-state index in [1.165, 1.54) is 12.3 Å². The second-order valence-electron chi connectivity index (χ2n) is 6.29. The summed E-state index contributed by atoms with van der Waals surface area (Å²) >= 11 is 0. The third-order valence-electron chi connectivity index (χ3n) is 4.03. The second kappa shape index (κ2) is 8.16. The zero-order valence-corrected chi connectivity index (χ0v) is 15.5. The van der Waals surface area contributed by atoms with Crippen molar-refractivity contribution in [2.45, 2.75) is 26.6 Å². The van der Waals surface area contributed by atoms with E-state index in [0.717, 1.165) is 16.2 Å². The molecule has 0 amide bonds. The Morgan fingerprint density at radius 3 is 2.57 bits per heavy atom. The monoisotopic (exact) mass is 390 g/mol. The maximum atomic E-state index is 13.4. The van der Waals surface area contributed by atoms with Gasteiger partial charge in [0, 0.05) is 17.6 Å². The van der Waals surface area contributed by atoms with Gasteiger partial charge in [0.05, 0.1) is 17.8 Å². The first-order chi connectivity index (χ1) is 13.0. The summed E-state index contributed by atoms with van der Waals surface area (Å²) in [6.07, 6.45) is -1.91. The molecule has 148 valence electrons. The molecule has 2 rings (SSSR count). The lowest BCUT2D eigenvalue weighted by molar-refractivity contribution is -0.137. The van der Waals surface area contributed by atoms with Crippen LogP contribution in [-0.4, -0.2) is 10.3 Å². The number of alkyl halides is 3. The average molecular weight is 390 g/mol. The number of aromatic nitrogens is 1. The molecule has 1 heterocycles. The van der Waals surface area contributed by atoms with Crippen molar-refractivity contribution in [1.29, 1.82) is 0 Å². The molecule has 1 aromatic carbocycles. The number of aryl methyl sites for hydroxylation is 1. The molecular formula is C20H21F3N4O. The number of aliphatic imine (C=N–C) groups is 1. The lowest BCUT2D eigenvalue weighted by Crippen LogP contribution is -2.30. The van der Waals surface area contributed by atoms with Gasteiger partial charge in [-0.3, -0.25) is 9.79 Å². The van der Waals surface area contributed by atoms with E-state index in [-0.39, 0.29) is 17.9 Å². The number of anilines is 1. The van der Waals surface area contributed by atoms with Gasteiger partial charge in [-0.1, -0.05) is 30.3 Å². The molecule has 0 saturated carbocycles. The van der Waals surface area contributed by atoms with E-state index in [2.05, 4.69) is 11.6 Å². The first-order valence-corrected chi connectivity index (χ1v) is 8.33. The van der Waals surface area contributed by atoms with Gasteiger partial charge in [0.15, 0.2) is 0 Å². The number of halogens is 3. The molecule has 0 saturated heterocycles. The van der Waals surface area contributed by atoms with Crippen molar-refractivity contribution < 1.29 is 13.2 Å². The van der Waals surface area contributed by atoms with Crippen LogP contribution in [0.1, 0.15) is 18.1 Å². The Bertz CT molecular complexity index is 1020. The maximum Gasteiger partial charge on any atom is 0.418 e. The predicted molar refractivity (Wildman–Crippen MR) is 106 cm³/mol. The predicted octanol–water partition coefficient (Wildman–Crippen LogP) is 3.87. The Balaban J connectivity index is 2.71. The van der Waals surface area contributed by atoms with Gasteiger partial charge in [0.2, 0.25) is 0 Å². The minimum absolute atomic E-state index is 0.0657. The van der Waals surface area contributed by atoms with Crippen molar-refractivity contribution in [3.05, 3.63) is 76.4 Å². The highest BCUT2D eigenvalue weighted by Crippen LogP contribution is 2.35. The molecule has 0 spiro atoms. The quantitative estimate of drug-likeness (QED) is 0.760. The highest BCUT2D eigenvalue weighted by Gasteiger charge is 2.35. The van der Waals surface area contributed by atoms with Crippen molar-refractivity contribution in [1.82, 2.24) is 4.57 Å². The normalized spacial score (nSPS) is 12.9. The van der Waals surface area contributed by atoms with Gasteiger partial charge >= 0.3 is 6.18 Å². The third-order valence-corrected chi connectivity index (χ3v) is 4.03. The number of hydrogen-bond donors (Lipinski definition) is 2. The fourth-order valence-electron chi connectivity index (χ4n) is 2.56. The standard InChI is InChI=1S/C20H21F3N4O/c1-4-13(3)26-10-15(24)11-27-17(14-7-5-6-12(2)8-14)9-16(20(21,22)23)18(25)19(27)28/h4-10H,1,11,24-25H2,2-3H3/b15-10-,26-13?. The van der Waals surface area contributed by atoms with Gasteiger partial charge in [-0.25, -0.2) is 0 Å². The first kappa shape index (κ1) is 21.0. The topological polar surface area (TPSA) is 86.4 Å². The zero-order chi connectivity index (χ0) is 21.1. The Morgan fingerprint density at radius 1 is 1.32 bits per heavy atom. The molecule has 5 nitrogen and oxygen atoms in total. The lowest BCUT2D eigenvalue weighted by Gasteiger charge is -2.18. The first-order valence-electron chi connectivity index (χ1n) is 8.33. The minimum atomic E-state index is -4.76. The molecule has 0 radical (unpaired) electrons. The summed E-state index contributed by atoms with van der Waals surface area (Å²) in [5, 5.41) is 0. The van der Waals surface area contributed by atoms with Crippen molar-refractivity contribution in [3.8, 4) is 11.3 Å². The van der Waals surface area contributed by atoms with Crippen LogP contribution in [0.3, 0.4) is 0 Å². The van der Waals surface area contributed by atoms with Gasteiger partial charge in [0.25, 0.3) is 5.56 Å². The SMILES string of the molecule is C=CC(C)=N/C=C(\N)Cn1c(-c2cccc(C)c2)cc(C(F)(F)F)c(N)c1=O. The molecule has 1 aromatic heterocycles. The minimum Gasteiger partial charge on any atom is -0.399 e. The summed E-state index contributed by atoms with van der Waals surface area (Å²) < 4.78 is 41.2. The number of nitrogens with zero attached hydrogens (tertiary/aromatic N) is 2. The zero-order valence-electron chi connectivity index (χ0n) is 15.5. The van der Waals surface area contributed by atoms with Crippen LogP contribution >= 0.6 is 0 Å². The van der Waals surface area contributed by atoms with Gasteiger partial charge < -0.3 is 16.0 Å². The van der Waals surface area contributed by atoms with Crippen LogP contribution in [0, 0.1) is 6.92 Å². The Kier molecular flexibility index (Phi) is 6.12. The molecule has 0 aliphatic rings. The van der Waals surface area contributed by atoms with E-state index in [4.69, 9.17) is 11.5 Å². The maximum absolute atomic E-state index is 13.4. The van der Waals surface area contributed by atoms with E-state index >= 15 is 0 Å². The van der Waals surface area contributed by atoms with Crippen LogP contribution in [0.15, 0.2) is 64.7 Å². The average Bonchev–Trinajstić information content (AvgIpc) is 2.62. The molecule has 0 atom stereocenters. The number of hydrogen-bond acceptors (Lipinski definition) is 4. The number of nitrogen functional groups attached to an aromatic ring is 1. The molecule has 2 aromatic rings. The van der Waals surface area contributed by atoms with Gasteiger partial charge in [-0.15, -0.1) is 0 Å². The van der Waals surface area contributed by atoms with E-state index < -0.39 is 23.0 Å². The fourth-order valence-corrected chi connectivity index (χ4v) is 2.56. The van der Waals surface area contributed by atoms with Crippen molar-refractivity contribution in [2.24, 2.45) is 10.7 Å². The Labute approximate surface area is 160 Å². The number of allylic oxidation sites excluding steroid dienone is 2. The van der Waals surface area contributed by atoms with Crippen molar-refractivity contribution >= 4 is 11.4 Å². The van der Waals surface area contributed by atoms with Crippen LogP contribution in [0.25, 0.3) is 11.3 Å². The summed E-state index contributed by atoms with van der Waals surface area (Å²) in [4.78, 5) is 16.7. The van der Waals surface area contributed by atoms with Gasteiger partial charge in [0.1, 0.15) is 5.69 Å². The summed E-state index contributed by atoms with van der Waals surface area (Å²) in [6, 6.07) is 7.67. The largest absolute Gasteiger partial charge is 0.418 e. The summed E-state index contributed by atoms with van der Waals surface area (Å²) in [7, 11) is 0.